The number of benzene rings is 4. The van der Waals surface area contributed by atoms with Crippen LogP contribution in [-0.2, 0) is 0 Å². The van der Waals surface area contributed by atoms with Gasteiger partial charge in [0.25, 0.3) is 11.8 Å². The summed E-state index contributed by atoms with van der Waals surface area (Å²) in [6, 6.07) is 24.5. The van der Waals surface area contributed by atoms with E-state index < -0.39 is 23.8 Å². The highest BCUT2D eigenvalue weighted by atomic mass is 16.4. The van der Waals surface area contributed by atoms with Crippen molar-refractivity contribution in [3.8, 4) is 11.4 Å². The fraction of sp³-hybridized carbons (Fsp3) is 0. The van der Waals surface area contributed by atoms with Gasteiger partial charge < -0.3 is 20.7 Å². The van der Waals surface area contributed by atoms with Gasteiger partial charge in [0, 0.05) is 16.9 Å². The number of nitrogens with zero attached hydrogens (tertiary/aromatic N) is 2. The molecule has 0 saturated heterocycles. The number of nitrogens with one attached hydrogen (secondary N) is 3. The van der Waals surface area contributed by atoms with E-state index in [1.165, 1.54) is 30.3 Å². The van der Waals surface area contributed by atoms with Crippen LogP contribution in [0.4, 0.5) is 21.9 Å². The van der Waals surface area contributed by atoms with Gasteiger partial charge in [-0.3, -0.25) is 9.59 Å². The van der Waals surface area contributed by atoms with Crippen molar-refractivity contribution in [2.75, 3.05) is 15.5 Å². The molecule has 4 aromatic carbocycles. The minimum Gasteiger partial charge on any atom is -0.478 e. The van der Waals surface area contributed by atoms with Crippen molar-refractivity contribution in [3.63, 3.8) is 0 Å². The molecule has 190 valence electrons. The van der Waals surface area contributed by atoms with Crippen LogP contribution in [0.1, 0.15) is 31.1 Å². The smallest absolute Gasteiger partial charge is 0.335 e. The number of aromatic carboxylic acids is 1. The summed E-state index contributed by atoms with van der Waals surface area (Å²) in [6.07, 6.45) is 0. The molecule has 0 bridgehead atoms. The molecule has 10 nitrogen and oxygen atoms in total. The van der Waals surface area contributed by atoms with Crippen molar-refractivity contribution in [1.29, 1.82) is 0 Å². The second-order valence-electron chi connectivity index (χ2n) is 8.82. The predicted octanol–water partition coefficient (Wildman–Crippen LogP) is 5.37. The molecule has 10 heteroatoms. The zero-order valence-corrected chi connectivity index (χ0v) is 20.1. The number of amides is 4. The molecule has 6 rings (SSSR count). The van der Waals surface area contributed by atoms with Crippen molar-refractivity contribution in [2.45, 2.75) is 0 Å². The van der Waals surface area contributed by atoms with Crippen LogP contribution < -0.4 is 15.5 Å². The Morgan fingerprint density at radius 1 is 0.769 bits per heavy atom. The summed E-state index contributed by atoms with van der Waals surface area (Å²) in [4.78, 5) is 58.2. The summed E-state index contributed by atoms with van der Waals surface area (Å²) in [5, 5.41) is 14.6. The number of fused-ring (bicyclic) bond motifs is 2. The van der Waals surface area contributed by atoms with Crippen LogP contribution in [0, 0.1) is 0 Å². The number of carbonyl (C=O) groups excluding carboxylic acids is 3. The number of hydrogen-bond donors (Lipinski definition) is 4. The molecule has 5 aromatic rings. The lowest BCUT2D eigenvalue weighted by Gasteiger charge is -2.15. The maximum atomic E-state index is 12.8. The number of imide groups is 1. The number of para-hydroxylation sites is 2. The Morgan fingerprint density at radius 3 is 2.08 bits per heavy atom. The summed E-state index contributed by atoms with van der Waals surface area (Å²) >= 11 is 0. The maximum absolute atomic E-state index is 12.8. The zero-order chi connectivity index (χ0) is 27.1. The number of carboxylic acids is 1. The molecule has 4 amide bonds. The summed E-state index contributed by atoms with van der Waals surface area (Å²) in [5.74, 6) is -1.61. The van der Waals surface area contributed by atoms with Crippen molar-refractivity contribution in [1.82, 2.24) is 9.97 Å². The van der Waals surface area contributed by atoms with Gasteiger partial charge in [0.15, 0.2) is 0 Å². The van der Waals surface area contributed by atoms with E-state index in [9.17, 15) is 24.3 Å². The van der Waals surface area contributed by atoms with Crippen LogP contribution in [0.25, 0.3) is 22.4 Å². The summed E-state index contributed by atoms with van der Waals surface area (Å²) in [7, 11) is 0. The Balaban J connectivity index is 1.11. The number of rotatable bonds is 5. The molecule has 1 aliphatic rings. The number of carbonyl (C=O) groups is 4. The van der Waals surface area contributed by atoms with Gasteiger partial charge in [-0.1, -0.05) is 12.1 Å². The van der Waals surface area contributed by atoms with E-state index >= 15 is 0 Å². The number of H-pyrrole nitrogens is 1. The highest BCUT2D eigenvalue weighted by Crippen LogP contribution is 2.30. The van der Waals surface area contributed by atoms with Gasteiger partial charge in [-0.15, -0.1) is 0 Å². The molecule has 0 spiro atoms. The van der Waals surface area contributed by atoms with E-state index in [4.69, 9.17) is 0 Å². The zero-order valence-electron chi connectivity index (χ0n) is 20.1. The number of aromatic amines is 1. The molecule has 2 heterocycles. The molecule has 39 heavy (non-hydrogen) atoms. The van der Waals surface area contributed by atoms with Gasteiger partial charge in [-0.05, 0) is 78.9 Å². The SMILES string of the molecule is O=C(Nc1ccc(-c2nc3ccccc3[nH]2)cc1)Nc1ccc(N2C(=O)c3ccc(C(=O)O)cc3C2=O)cc1. The van der Waals surface area contributed by atoms with Crippen molar-refractivity contribution >= 4 is 51.9 Å². The number of anilines is 3. The fourth-order valence-corrected chi connectivity index (χ4v) is 4.40. The summed E-state index contributed by atoms with van der Waals surface area (Å²) in [5.41, 5.74) is 4.10. The molecule has 0 fully saturated rings. The van der Waals surface area contributed by atoms with Crippen molar-refractivity contribution in [2.24, 2.45) is 0 Å². The molecule has 0 radical (unpaired) electrons. The van der Waals surface area contributed by atoms with Crippen LogP contribution in [0.2, 0.25) is 0 Å². The van der Waals surface area contributed by atoms with Crippen LogP contribution in [0.5, 0.6) is 0 Å². The third kappa shape index (κ3) is 4.36. The van der Waals surface area contributed by atoms with Crippen LogP contribution in [-0.4, -0.2) is 38.9 Å². The molecule has 4 N–H and O–H groups in total. The van der Waals surface area contributed by atoms with E-state index in [2.05, 4.69) is 20.6 Å². The number of aromatic nitrogens is 2. The topological polar surface area (TPSA) is 144 Å². The second kappa shape index (κ2) is 9.27. The first kappa shape index (κ1) is 23.6. The van der Waals surface area contributed by atoms with Gasteiger partial charge in [0.2, 0.25) is 0 Å². The van der Waals surface area contributed by atoms with Crippen LogP contribution >= 0.6 is 0 Å². The Bertz CT molecular complexity index is 1760. The van der Waals surface area contributed by atoms with E-state index in [1.54, 1.807) is 24.3 Å². The largest absolute Gasteiger partial charge is 0.478 e. The van der Waals surface area contributed by atoms with Crippen LogP contribution in [0.3, 0.4) is 0 Å². The first-order chi connectivity index (χ1) is 18.9. The van der Waals surface area contributed by atoms with Crippen molar-refractivity contribution in [3.05, 3.63) is 108 Å². The average molecular weight is 518 g/mol. The third-order valence-corrected chi connectivity index (χ3v) is 6.32. The minimum absolute atomic E-state index is 0.0350. The highest BCUT2D eigenvalue weighted by Gasteiger charge is 2.37. The first-order valence-electron chi connectivity index (χ1n) is 11.9. The third-order valence-electron chi connectivity index (χ3n) is 6.32. The molecule has 0 unspecified atom stereocenters. The average Bonchev–Trinajstić information content (AvgIpc) is 3.48. The lowest BCUT2D eigenvalue weighted by molar-refractivity contribution is 0.0696. The molecular weight excluding hydrogens is 498 g/mol. The quantitative estimate of drug-likeness (QED) is 0.231. The van der Waals surface area contributed by atoms with Gasteiger partial charge >= 0.3 is 12.0 Å². The predicted molar refractivity (Wildman–Crippen MR) is 145 cm³/mol. The number of imidazole rings is 1. The Labute approximate surface area is 220 Å². The van der Waals surface area contributed by atoms with Crippen LogP contribution in [0.15, 0.2) is 91.0 Å². The first-order valence-corrected chi connectivity index (χ1v) is 11.9. The molecule has 1 aromatic heterocycles. The van der Waals surface area contributed by atoms with Gasteiger partial charge in [0.1, 0.15) is 5.82 Å². The lowest BCUT2D eigenvalue weighted by Crippen LogP contribution is -2.29. The summed E-state index contributed by atoms with van der Waals surface area (Å²) in [6.45, 7) is 0. The Hall–Kier alpha value is -5.77. The second-order valence-corrected chi connectivity index (χ2v) is 8.82. The maximum Gasteiger partial charge on any atom is 0.335 e. The van der Waals surface area contributed by atoms with Crippen molar-refractivity contribution < 1.29 is 24.3 Å². The van der Waals surface area contributed by atoms with Gasteiger partial charge in [-0.25, -0.2) is 19.5 Å². The molecule has 0 saturated carbocycles. The molecule has 0 atom stereocenters. The Kier molecular flexibility index (Phi) is 5.61. The number of urea groups is 1. The van der Waals surface area contributed by atoms with Gasteiger partial charge in [-0.2, -0.15) is 0 Å². The summed E-state index contributed by atoms with van der Waals surface area (Å²) < 4.78 is 0. The monoisotopic (exact) mass is 517 g/mol. The van der Waals surface area contributed by atoms with E-state index in [-0.39, 0.29) is 16.7 Å². The van der Waals surface area contributed by atoms with E-state index in [0.29, 0.717) is 17.1 Å². The standard InChI is InChI=1S/C29H19N5O5/c35-26-21-14-7-17(28(37)38)15-22(21)27(36)34(26)20-12-10-19(11-13-20)31-29(39)30-18-8-5-16(6-9-18)25-32-23-3-1-2-4-24(23)33-25/h1-15H,(H,32,33)(H,37,38)(H2,30,31,39). The van der Waals surface area contributed by atoms with E-state index in [0.717, 1.165) is 27.3 Å². The van der Waals surface area contributed by atoms with E-state index in [1.807, 2.05) is 36.4 Å². The number of hydrogen-bond acceptors (Lipinski definition) is 5. The minimum atomic E-state index is -1.19. The molecular formula is C29H19N5O5. The normalized spacial score (nSPS) is 12.5. The number of carboxylic acid groups (broad SMARTS) is 1. The molecule has 1 aliphatic heterocycles. The fourth-order valence-electron chi connectivity index (χ4n) is 4.40. The highest BCUT2D eigenvalue weighted by molar-refractivity contribution is 6.34. The molecule has 0 aliphatic carbocycles. The lowest BCUT2D eigenvalue weighted by atomic mass is 10.1. The Morgan fingerprint density at radius 2 is 1.41 bits per heavy atom. The van der Waals surface area contributed by atoms with Gasteiger partial charge in [0.05, 0.1) is 33.4 Å².